The number of alkyl halides is 3. The van der Waals surface area contributed by atoms with Gasteiger partial charge in [0.15, 0.2) is 0 Å². The first-order chi connectivity index (χ1) is 16.3. The highest BCUT2D eigenvalue weighted by molar-refractivity contribution is 5.81. The van der Waals surface area contributed by atoms with Crippen molar-refractivity contribution in [3.63, 3.8) is 0 Å². The van der Waals surface area contributed by atoms with Gasteiger partial charge in [-0.3, -0.25) is 9.59 Å². The number of hydrogen-bond donors (Lipinski definition) is 0. The van der Waals surface area contributed by atoms with Crippen LogP contribution in [0, 0.1) is 0 Å². The molecule has 1 heterocycles. The SMILES string of the molecule is CCOC(=O)CCC(=O)N(Cc1ccccc1)Cc1cccn1Cc1cccc(C(F)(F)F)c1. The van der Waals surface area contributed by atoms with Crippen molar-refractivity contribution >= 4 is 11.9 Å². The summed E-state index contributed by atoms with van der Waals surface area (Å²) in [6.07, 6.45) is -2.63. The van der Waals surface area contributed by atoms with Crippen molar-refractivity contribution in [3.8, 4) is 0 Å². The summed E-state index contributed by atoms with van der Waals surface area (Å²) in [4.78, 5) is 26.4. The molecule has 3 aromatic rings. The molecule has 0 saturated heterocycles. The summed E-state index contributed by atoms with van der Waals surface area (Å²) in [5.41, 5.74) is 1.52. The number of hydrogen-bond acceptors (Lipinski definition) is 3. The van der Waals surface area contributed by atoms with Crippen LogP contribution in [-0.2, 0) is 40.1 Å². The molecule has 8 heteroatoms. The van der Waals surface area contributed by atoms with Gasteiger partial charge in [0, 0.05) is 31.4 Å². The van der Waals surface area contributed by atoms with E-state index in [0.29, 0.717) is 12.1 Å². The standard InChI is InChI=1S/C26H27F3N2O3/c1-2-34-25(33)14-13-24(32)31(17-20-8-4-3-5-9-20)19-23-12-7-15-30(23)18-21-10-6-11-22(16-21)26(27,28)29/h3-12,15-16H,2,13-14,17-19H2,1H3. The van der Waals surface area contributed by atoms with Crippen LogP contribution in [0.15, 0.2) is 72.9 Å². The Hall–Kier alpha value is -3.55. The van der Waals surface area contributed by atoms with E-state index in [9.17, 15) is 22.8 Å². The summed E-state index contributed by atoms with van der Waals surface area (Å²) in [7, 11) is 0. The molecule has 0 atom stereocenters. The summed E-state index contributed by atoms with van der Waals surface area (Å²) in [6.45, 7) is 2.80. The number of aromatic nitrogens is 1. The van der Waals surface area contributed by atoms with Crippen molar-refractivity contribution in [3.05, 3.63) is 95.3 Å². The number of halogens is 3. The van der Waals surface area contributed by atoms with Gasteiger partial charge in [-0.25, -0.2) is 0 Å². The summed E-state index contributed by atoms with van der Waals surface area (Å²) in [6, 6.07) is 18.3. The van der Waals surface area contributed by atoms with Gasteiger partial charge in [-0.2, -0.15) is 13.2 Å². The van der Waals surface area contributed by atoms with Crippen LogP contribution in [0.25, 0.3) is 0 Å². The van der Waals surface area contributed by atoms with Crippen molar-refractivity contribution in [1.29, 1.82) is 0 Å². The number of carbonyl (C=O) groups is 2. The minimum Gasteiger partial charge on any atom is -0.466 e. The van der Waals surface area contributed by atoms with Gasteiger partial charge in [-0.05, 0) is 42.3 Å². The quantitative estimate of drug-likeness (QED) is 0.370. The molecule has 2 aromatic carbocycles. The zero-order chi connectivity index (χ0) is 24.6. The molecular weight excluding hydrogens is 445 g/mol. The number of rotatable bonds is 10. The molecule has 0 fully saturated rings. The Labute approximate surface area is 196 Å². The first kappa shape index (κ1) is 25.1. The third-order valence-corrected chi connectivity index (χ3v) is 5.30. The van der Waals surface area contributed by atoms with Crippen LogP contribution in [-0.4, -0.2) is 28.0 Å². The fourth-order valence-electron chi connectivity index (χ4n) is 3.62. The second kappa shape index (κ2) is 11.5. The molecular formula is C26H27F3N2O3. The van der Waals surface area contributed by atoms with E-state index < -0.39 is 17.7 Å². The third kappa shape index (κ3) is 7.23. The molecule has 1 aromatic heterocycles. The zero-order valence-corrected chi connectivity index (χ0v) is 18.9. The Morgan fingerprint density at radius 2 is 1.65 bits per heavy atom. The van der Waals surface area contributed by atoms with Gasteiger partial charge in [0.05, 0.1) is 25.1 Å². The van der Waals surface area contributed by atoms with Gasteiger partial charge in [0.25, 0.3) is 0 Å². The minimum absolute atomic E-state index is 0.0107. The third-order valence-electron chi connectivity index (χ3n) is 5.30. The summed E-state index contributed by atoms with van der Waals surface area (Å²) >= 11 is 0. The largest absolute Gasteiger partial charge is 0.466 e. The van der Waals surface area contributed by atoms with Crippen molar-refractivity contribution < 1.29 is 27.5 Å². The second-order valence-electron chi connectivity index (χ2n) is 7.87. The Bertz CT molecular complexity index is 1090. The van der Waals surface area contributed by atoms with E-state index in [1.54, 1.807) is 30.2 Å². The Kier molecular flexibility index (Phi) is 8.51. The Morgan fingerprint density at radius 1 is 0.912 bits per heavy atom. The van der Waals surface area contributed by atoms with Gasteiger partial charge in [-0.15, -0.1) is 0 Å². The van der Waals surface area contributed by atoms with E-state index >= 15 is 0 Å². The highest BCUT2D eigenvalue weighted by atomic mass is 19.4. The van der Waals surface area contributed by atoms with Crippen LogP contribution in [0.1, 0.15) is 42.1 Å². The summed E-state index contributed by atoms with van der Waals surface area (Å²) < 4.78 is 46.0. The maximum absolute atomic E-state index is 13.1. The first-order valence-corrected chi connectivity index (χ1v) is 11.0. The molecule has 0 N–H and O–H groups in total. The van der Waals surface area contributed by atoms with E-state index in [-0.39, 0.29) is 38.4 Å². The smallest absolute Gasteiger partial charge is 0.416 e. The number of benzene rings is 2. The highest BCUT2D eigenvalue weighted by Gasteiger charge is 2.30. The van der Waals surface area contributed by atoms with Crippen LogP contribution in [0.2, 0.25) is 0 Å². The number of esters is 1. The van der Waals surface area contributed by atoms with E-state index in [0.717, 1.165) is 23.4 Å². The number of carbonyl (C=O) groups excluding carboxylic acids is 2. The molecule has 0 unspecified atom stereocenters. The fraction of sp³-hybridized carbons (Fsp3) is 0.308. The monoisotopic (exact) mass is 472 g/mol. The van der Waals surface area contributed by atoms with Gasteiger partial charge >= 0.3 is 12.1 Å². The predicted molar refractivity (Wildman–Crippen MR) is 122 cm³/mol. The molecule has 0 radical (unpaired) electrons. The number of ether oxygens (including phenoxy) is 1. The lowest BCUT2D eigenvalue weighted by atomic mass is 10.1. The van der Waals surface area contributed by atoms with Gasteiger partial charge in [0.2, 0.25) is 5.91 Å². The maximum Gasteiger partial charge on any atom is 0.416 e. The van der Waals surface area contributed by atoms with E-state index in [1.807, 2.05) is 41.0 Å². The summed E-state index contributed by atoms with van der Waals surface area (Å²) in [5.74, 6) is -0.632. The second-order valence-corrected chi connectivity index (χ2v) is 7.87. The van der Waals surface area contributed by atoms with Crippen LogP contribution < -0.4 is 0 Å². The van der Waals surface area contributed by atoms with Crippen LogP contribution in [0.3, 0.4) is 0 Å². The number of amides is 1. The first-order valence-electron chi connectivity index (χ1n) is 11.0. The minimum atomic E-state index is -4.41. The van der Waals surface area contributed by atoms with E-state index in [1.165, 1.54) is 6.07 Å². The zero-order valence-electron chi connectivity index (χ0n) is 18.9. The summed E-state index contributed by atoms with van der Waals surface area (Å²) in [5, 5.41) is 0. The van der Waals surface area contributed by atoms with Crippen LogP contribution in [0.5, 0.6) is 0 Å². The Balaban J connectivity index is 1.77. The highest BCUT2D eigenvalue weighted by Crippen LogP contribution is 2.29. The topological polar surface area (TPSA) is 51.5 Å². The van der Waals surface area contributed by atoms with Crippen LogP contribution >= 0.6 is 0 Å². The number of nitrogens with zero attached hydrogens (tertiary/aromatic N) is 2. The average Bonchev–Trinajstić information content (AvgIpc) is 3.24. The van der Waals surface area contributed by atoms with E-state index in [2.05, 4.69) is 0 Å². The molecule has 180 valence electrons. The lowest BCUT2D eigenvalue weighted by Crippen LogP contribution is -2.31. The van der Waals surface area contributed by atoms with Crippen molar-refractivity contribution in [2.45, 2.75) is 45.6 Å². The molecule has 34 heavy (non-hydrogen) atoms. The molecule has 5 nitrogen and oxygen atoms in total. The molecule has 0 saturated carbocycles. The molecule has 0 bridgehead atoms. The maximum atomic E-state index is 13.1. The molecule has 0 aliphatic rings. The Morgan fingerprint density at radius 3 is 2.35 bits per heavy atom. The molecule has 0 spiro atoms. The van der Waals surface area contributed by atoms with Gasteiger partial charge in [-0.1, -0.05) is 42.5 Å². The molecule has 0 aliphatic carbocycles. The van der Waals surface area contributed by atoms with E-state index in [4.69, 9.17) is 4.74 Å². The fourth-order valence-corrected chi connectivity index (χ4v) is 3.62. The lowest BCUT2D eigenvalue weighted by molar-refractivity contribution is -0.146. The van der Waals surface area contributed by atoms with Gasteiger partial charge < -0.3 is 14.2 Å². The average molecular weight is 473 g/mol. The van der Waals surface area contributed by atoms with Gasteiger partial charge in [0.1, 0.15) is 0 Å². The molecule has 3 rings (SSSR count). The van der Waals surface area contributed by atoms with Crippen molar-refractivity contribution in [1.82, 2.24) is 9.47 Å². The lowest BCUT2D eigenvalue weighted by Gasteiger charge is -2.24. The molecule has 0 aliphatic heterocycles. The molecule has 1 amide bonds. The van der Waals surface area contributed by atoms with Crippen molar-refractivity contribution in [2.24, 2.45) is 0 Å². The van der Waals surface area contributed by atoms with Crippen molar-refractivity contribution in [2.75, 3.05) is 6.61 Å². The normalized spacial score (nSPS) is 11.3. The van der Waals surface area contributed by atoms with Crippen LogP contribution in [0.4, 0.5) is 13.2 Å². The predicted octanol–water partition coefficient (Wildman–Crippen LogP) is 5.43.